The maximum absolute atomic E-state index is 12.5. The number of piperidine rings is 1. The number of halogens is 2. The van der Waals surface area contributed by atoms with Crippen LogP contribution in [0.25, 0.3) is 0 Å². The highest BCUT2D eigenvalue weighted by Crippen LogP contribution is 2.29. The van der Waals surface area contributed by atoms with Gasteiger partial charge in [0.2, 0.25) is 5.91 Å². The van der Waals surface area contributed by atoms with Crippen molar-refractivity contribution in [2.45, 2.75) is 32.2 Å². The molecule has 5 heteroatoms. The first-order chi connectivity index (χ1) is 9.79. The van der Waals surface area contributed by atoms with Crippen molar-refractivity contribution in [2.75, 3.05) is 20.1 Å². The standard InChI is InChI=1S/C16H22Cl2N2O/c1-16(2,12-6-7-13(17)14(18)9-12)19-15(21)11-5-4-8-20(3)10-11/h6-7,9,11H,4-5,8,10H2,1-3H3,(H,19,21)/t11-/m0/s1. The van der Waals surface area contributed by atoms with Crippen LogP contribution >= 0.6 is 23.2 Å². The molecule has 1 aromatic rings. The van der Waals surface area contributed by atoms with Gasteiger partial charge in [-0.2, -0.15) is 0 Å². The van der Waals surface area contributed by atoms with Crippen LogP contribution in [0.3, 0.4) is 0 Å². The van der Waals surface area contributed by atoms with Crippen molar-refractivity contribution in [3.63, 3.8) is 0 Å². The van der Waals surface area contributed by atoms with Gasteiger partial charge in [0.05, 0.1) is 21.5 Å². The zero-order chi connectivity index (χ0) is 15.6. The third-order valence-electron chi connectivity index (χ3n) is 4.07. The van der Waals surface area contributed by atoms with Crippen molar-refractivity contribution in [2.24, 2.45) is 5.92 Å². The summed E-state index contributed by atoms with van der Waals surface area (Å²) >= 11 is 12.0. The van der Waals surface area contributed by atoms with E-state index >= 15 is 0 Å². The number of amides is 1. The second-order valence-corrected chi connectivity index (χ2v) is 7.16. The third kappa shape index (κ3) is 4.12. The van der Waals surface area contributed by atoms with Crippen LogP contribution in [-0.2, 0) is 10.3 Å². The predicted octanol–water partition coefficient (Wildman–Crippen LogP) is 3.69. The molecule has 0 radical (unpaired) electrons. The molecule has 1 aliphatic rings. The number of carbonyl (C=O) groups is 1. The Labute approximate surface area is 136 Å². The van der Waals surface area contributed by atoms with Gasteiger partial charge in [0.15, 0.2) is 0 Å². The van der Waals surface area contributed by atoms with Crippen LogP contribution in [-0.4, -0.2) is 30.9 Å². The molecule has 1 aromatic carbocycles. The van der Waals surface area contributed by atoms with Gasteiger partial charge in [0.1, 0.15) is 0 Å². The summed E-state index contributed by atoms with van der Waals surface area (Å²) in [7, 11) is 2.06. The van der Waals surface area contributed by atoms with E-state index < -0.39 is 5.54 Å². The highest BCUT2D eigenvalue weighted by molar-refractivity contribution is 6.42. The summed E-state index contributed by atoms with van der Waals surface area (Å²) in [6.07, 6.45) is 2.02. The molecule has 0 bridgehead atoms. The molecule has 1 amide bonds. The van der Waals surface area contributed by atoms with Gasteiger partial charge in [-0.15, -0.1) is 0 Å². The molecule has 1 heterocycles. The van der Waals surface area contributed by atoms with E-state index in [2.05, 4.69) is 17.3 Å². The summed E-state index contributed by atoms with van der Waals surface area (Å²) in [5.74, 6) is 0.170. The topological polar surface area (TPSA) is 32.3 Å². The highest BCUT2D eigenvalue weighted by Gasteiger charge is 2.29. The number of nitrogens with zero attached hydrogens (tertiary/aromatic N) is 1. The summed E-state index contributed by atoms with van der Waals surface area (Å²) < 4.78 is 0. The molecule has 1 fully saturated rings. The maximum atomic E-state index is 12.5. The highest BCUT2D eigenvalue weighted by atomic mass is 35.5. The van der Waals surface area contributed by atoms with E-state index in [-0.39, 0.29) is 11.8 Å². The van der Waals surface area contributed by atoms with Crippen LogP contribution in [0.1, 0.15) is 32.3 Å². The lowest BCUT2D eigenvalue weighted by molar-refractivity contribution is -0.128. The Morgan fingerprint density at radius 3 is 2.67 bits per heavy atom. The molecule has 0 spiro atoms. The average molecular weight is 329 g/mol. The molecule has 116 valence electrons. The maximum Gasteiger partial charge on any atom is 0.225 e. The molecular weight excluding hydrogens is 307 g/mol. The summed E-state index contributed by atoms with van der Waals surface area (Å²) in [4.78, 5) is 14.7. The normalized spacial score (nSPS) is 20.3. The molecule has 0 aromatic heterocycles. The van der Waals surface area contributed by atoms with Crippen molar-refractivity contribution >= 4 is 29.1 Å². The first kappa shape index (κ1) is 16.6. The number of hydrogen-bond acceptors (Lipinski definition) is 2. The predicted molar refractivity (Wildman–Crippen MR) is 87.9 cm³/mol. The fourth-order valence-corrected chi connectivity index (χ4v) is 3.05. The fourth-order valence-electron chi connectivity index (χ4n) is 2.75. The second-order valence-electron chi connectivity index (χ2n) is 6.34. The number of nitrogens with one attached hydrogen (secondary N) is 1. The van der Waals surface area contributed by atoms with Gasteiger partial charge < -0.3 is 10.2 Å². The van der Waals surface area contributed by atoms with E-state index in [1.807, 2.05) is 26.0 Å². The van der Waals surface area contributed by atoms with Gasteiger partial charge >= 0.3 is 0 Å². The lowest BCUT2D eigenvalue weighted by Gasteiger charge is -2.33. The van der Waals surface area contributed by atoms with Gasteiger partial charge in [-0.25, -0.2) is 0 Å². The minimum absolute atomic E-state index is 0.0609. The van der Waals surface area contributed by atoms with Gasteiger partial charge in [0.25, 0.3) is 0 Å². The largest absolute Gasteiger partial charge is 0.347 e. The lowest BCUT2D eigenvalue weighted by atomic mass is 9.91. The van der Waals surface area contributed by atoms with E-state index in [0.717, 1.165) is 31.5 Å². The Hall–Kier alpha value is -0.770. The van der Waals surface area contributed by atoms with Crippen molar-refractivity contribution < 1.29 is 4.79 Å². The minimum atomic E-state index is -0.471. The van der Waals surface area contributed by atoms with Crippen LogP contribution in [0.2, 0.25) is 10.0 Å². The molecule has 21 heavy (non-hydrogen) atoms. The van der Waals surface area contributed by atoms with Gasteiger partial charge in [0, 0.05) is 6.54 Å². The smallest absolute Gasteiger partial charge is 0.225 e. The summed E-state index contributed by atoms with van der Waals surface area (Å²) in [6.45, 7) is 5.86. The Morgan fingerprint density at radius 2 is 2.05 bits per heavy atom. The van der Waals surface area contributed by atoms with E-state index in [1.54, 1.807) is 6.07 Å². The number of benzene rings is 1. The lowest BCUT2D eigenvalue weighted by Crippen LogP contribution is -2.48. The Balaban J connectivity index is 2.08. The first-order valence-electron chi connectivity index (χ1n) is 7.25. The van der Waals surface area contributed by atoms with Crippen LogP contribution in [0, 0.1) is 5.92 Å². The molecule has 1 atom stereocenters. The van der Waals surface area contributed by atoms with E-state index in [0.29, 0.717) is 10.0 Å². The van der Waals surface area contributed by atoms with E-state index in [1.165, 1.54) is 0 Å². The van der Waals surface area contributed by atoms with Gasteiger partial charge in [-0.3, -0.25) is 4.79 Å². The quantitative estimate of drug-likeness (QED) is 0.917. The van der Waals surface area contributed by atoms with Crippen molar-refractivity contribution in [1.82, 2.24) is 10.2 Å². The van der Waals surface area contributed by atoms with E-state index in [9.17, 15) is 4.79 Å². The number of carbonyl (C=O) groups excluding carboxylic acids is 1. The Bertz CT molecular complexity index is 531. The first-order valence-corrected chi connectivity index (χ1v) is 8.01. The number of likely N-dealkylation sites (tertiary alicyclic amines) is 1. The average Bonchev–Trinajstić information content (AvgIpc) is 2.41. The SMILES string of the molecule is CN1CCC[C@H](C(=O)NC(C)(C)c2ccc(Cl)c(Cl)c2)C1. The van der Waals surface area contributed by atoms with Crippen LogP contribution < -0.4 is 5.32 Å². The van der Waals surface area contributed by atoms with Crippen molar-refractivity contribution in [3.8, 4) is 0 Å². The Morgan fingerprint density at radius 1 is 1.33 bits per heavy atom. The zero-order valence-corrected chi connectivity index (χ0v) is 14.3. The molecule has 0 aliphatic carbocycles. The molecule has 1 aliphatic heterocycles. The van der Waals surface area contributed by atoms with Crippen LogP contribution in [0.15, 0.2) is 18.2 Å². The Kier molecular flexibility index (Phi) is 5.18. The van der Waals surface area contributed by atoms with Crippen LogP contribution in [0.4, 0.5) is 0 Å². The van der Waals surface area contributed by atoms with E-state index in [4.69, 9.17) is 23.2 Å². The van der Waals surface area contributed by atoms with Gasteiger partial charge in [-0.1, -0.05) is 29.3 Å². The third-order valence-corrected chi connectivity index (χ3v) is 4.81. The number of rotatable bonds is 3. The molecule has 2 rings (SSSR count). The summed E-state index contributed by atoms with van der Waals surface area (Å²) in [5.41, 5.74) is 0.482. The molecule has 1 N–H and O–H groups in total. The fraction of sp³-hybridized carbons (Fsp3) is 0.562. The molecule has 1 saturated heterocycles. The molecule has 3 nitrogen and oxygen atoms in total. The van der Waals surface area contributed by atoms with Gasteiger partial charge in [-0.05, 0) is 58.0 Å². The molecule has 0 saturated carbocycles. The molecule has 0 unspecified atom stereocenters. The summed E-state index contributed by atoms with van der Waals surface area (Å²) in [6, 6.07) is 5.49. The van der Waals surface area contributed by atoms with Crippen LogP contribution in [0.5, 0.6) is 0 Å². The zero-order valence-electron chi connectivity index (χ0n) is 12.7. The number of hydrogen-bond donors (Lipinski definition) is 1. The summed E-state index contributed by atoms with van der Waals surface area (Å²) in [5, 5.41) is 4.17. The second kappa shape index (κ2) is 6.55. The van der Waals surface area contributed by atoms with Crippen molar-refractivity contribution in [1.29, 1.82) is 0 Å². The monoisotopic (exact) mass is 328 g/mol. The van der Waals surface area contributed by atoms with Crippen molar-refractivity contribution in [3.05, 3.63) is 33.8 Å². The minimum Gasteiger partial charge on any atom is -0.347 e. The molecular formula is C16H22Cl2N2O.